The molecule has 1 aromatic carbocycles. The van der Waals surface area contributed by atoms with E-state index in [1.807, 2.05) is 13.0 Å². The summed E-state index contributed by atoms with van der Waals surface area (Å²) in [6.07, 6.45) is 9.01. The van der Waals surface area contributed by atoms with Gasteiger partial charge >= 0.3 is 5.97 Å². The molecule has 0 bridgehead atoms. The average Bonchev–Trinajstić information content (AvgIpc) is 2.76. The number of ether oxygens (including phenoxy) is 1. The molecule has 0 saturated carbocycles. The van der Waals surface area contributed by atoms with Crippen LogP contribution in [0, 0.1) is 0 Å². The summed E-state index contributed by atoms with van der Waals surface area (Å²) in [4.78, 5) is 12.3. The smallest absolute Gasteiger partial charge is 0.330 e. The molecular formula is C22H34O2Si. The van der Waals surface area contributed by atoms with Gasteiger partial charge in [-0.25, -0.2) is 4.79 Å². The third-order valence-electron chi connectivity index (χ3n) is 5.59. The Balaban J connectivity index is 2.43. The Morgan fingerprint density at radius 1 is 1.04 bits per heavy atom. The number of unbranched alkanes of at least 4 members (excludes halogenated alkanes) is 2. The lowest BCUT2D eigenvalue weighted by atomic mass is 10.0. The standard InChI is InChI=1S/C22H34O2Si/c1-4-7-15-25(16-8-5-2)18-20-12-10-9-11-19(20)13-14-21(25)17-22(23)24-6-3/h9-12,17H,4-8,13-16,18H2,1-3H3/b21-17+. The molecule has 1 heterocycles. The molecule has 2 nitrogen and oxygen atoms in total. The van der Waals surface area contributed by atoms with Gasteiger partial charge in [0.15, 0.2) is 0 Å². The maximum Gasteiger partial charge on any atom is 0.330 e. The highest BCUT2D eigenvalue weighted by Crippen LogP contribution is 2.38. The van der Waals surface area contributed by atoms with Crippen LogP contribution in [0.3, 0.4) is 0 Å². The summed E-state index contributed by atoms with van der Waals surface area (Å²) in [5.41, 5.74) is 3.02. The van der Waals surface area contributed by atoms with Gasteiger partial charge in [-0.15, -0.1) is 0 Å². The molecule has 0 N–H and O–H groups in total. The van der Waals surface area contributed by atoms with Crippen LogP contribution in [0.2, 0.25) is 12.1 Å². The lowest BCUT2D eigenvalue weighted by Crippen LogP contribution is -2.40. The number of benzene rings is 1. The minimum atomic E-state index is -1.69. The van der Waals surface area contributed by atoms with Crippen molar-refractivity contribution in [2.75, 3.05) is 6.61 Å². The highest BCUT2D eigenvalue weighted by Gasteiger charge is 2.38. The van der Waals surface area contributed by atoms with Gasteiger partial charge in [0.2, 0.25) is 0 Å². The maximum atomic E-state index is 12.3. The molecule has 25 heavy (non-hydrogen) atoms. The van der Waals surface area contributed by atoms with Crippen molar-refractivity contribution in [1.82, 2.24) is 0 Å². The second-order valence-electron chi connectivity index (χ2n) is 7.35. The molecule has 0 radical (unpaired) electrons. The SMILES string of the molecule is CCCC[Si]1(CCCC)Cc2ccccc2CC/C1=C\C(=O)OCC. The first-order chi connectivity index (χ1) is 12.1. The number of carbonyl (C=O) groups is 1. The van der Waals surface area contributed by atoms with Gasteiger partial charge in [0.1, 0.15) is 0 Å². The first kappa shape index (κ1) is 20.0. The van der Waals surface area contributed by atoms with E-state index in [1.165, 1.54) is 60.1 Å². The number of carbonyl (C=O) groups excluding carboxylic acids is 1. The van der Waals surface area contributed by atoms with Gasteiger partial charge < -0.3 is 4.74 Å². The Morgan fingerprint density at radius 3 is 2.28 bits per heavy atom. The summed E-state index contributed by atoms with van der Waals surface area (Å²) in [6.45, 7) is 6.90. The van der Waals surface area contributed by atoms with Crippen LogP contribution >= 0.6 is 0 Å². The molecule has 0 atom stereocenters. The fourth-order valence-electron chi connectivity index (χ4n) is 4.19. The van der Waals surface area contributed by atoms with Crippen molar-refractivity contribution in [3.05, 3.63) is 46.7 Å². The predicted octanol–water partition coefficient (Wildman–Crippen LogP) is 5.79. The molecule has 0 unspecified atom stereocenters. The number of hydrogen-bond acceptors (Lipinski definition) is 2. The van der Waals surface area contributed by atoms with E-state index in [4.69, 9.17) is 4.74 Å². The number of fused-ring (bicyclic) bond motifs is 1. The number of esters is 1. The van der Waals surface area contributed by atoms with Gasteiger partial charge in [0.25, 0.3) is 0 Å². The van der Waals surface area contributed by atoms with E-state index in [9.17, 15) is 4.79 Å². The van der Waals surface area contributed by atoms with Crippen molar-refractivity contribution in [3.63, 3.8) is 0 Å². The van der Waals surface area contributed by atoms with E-state index < -0.39 is 8.07 Å². The number of allylic oxidation sites excluding steroid dienone is 1. The lowest BCUT2D eigenvalue weighted by Gasteiger charge is -2.34. The Labute approximate surface area is 154 Å². The number of rotatable bonds is 8. The average molecular weight is 359 g/mol. The second-order valence-corrected chi connectivity index (χ2v) is 11.9. The third kappa shape index (κ3) is 5.31. The largest absolute Gasteiger partial charge is 0.463 e. The van der Waals surface area contributed by atoms with Crippen LogP contribution in [0.1, 0.15) is 64.0 Å². The quantitative estimate of drug-likeness (QED) is 0.334. The van der Waals surface area contributed by atoms with Crippen LogP contribution in [0.4, 0.5) is 0 Å². The topological polar surface area (TPSA) is 26.3 Å². The predicted molar refractivity (Wildman–Crippen MR) is 108 cm³/mol. The van der Waals surface area contributed by atoms with Gasteiger partial charge in [-0.1, -0.05) is 81.1 Å². The van der Waals surface area contributed by atoms with Crippen LogP contribution in [0.5, 0.6) is 0 Å². The molecular weight excluding hydrogens is 324 g/mol. The maximum absolute atomic E-state index is 12.3. The molecule has 138 valence electrons. The molecule has 0 saturated heterocycles. The molecule has 1 aliphatic rings. The van der Waals surface area contributed by atoms with Gasteiger partial charge in [0, 0.05) is 6.08 Å². The number of hydrogen-bond donors (Lipinski definition) is 0. The minimum Gasteiger partial charge on any atom is -0.463 e. The van der Waals surface area contributed by atoms with Gasteiger partial charge in [-0.3, -0.25) is 0 Å². The highest BCUT2D eigenvalue weighted by molar-refractivity contribution is 6.86. The van der Waals surface area contributed by atoms with E-state index in [0.717, 1.165) is 12.8 Å². The van der Waals surface area contributed by atoms with Crippen molar-refractivity contribution in [1.29, 1.82) is 0 Å². The summed E-state index contributed by atoms with van der Waals surface area (Å²) in [5.74, 6) is -0.131. The Kier molecular flexibility index (Phi) is 7.95. The molecule has 2 rings (SSSR count). The monoisotopic (exact) mass is 358 g/mol. The highest BCUT2D eigenvalue weighted by atomic mass is 28.3. The molecule has 0 aromatic heterocycles. The molecule has 0 amide bonds. The zero-order valence-corrected chi connectivity index (χ0v) is 17.3. The summed E-state index contributed by atoms with van der Waals surface area (Å²) in [7, 11) is -1.69. The molecule has 0 spiro atoms. The molecule has 1 aliphatic heterocycles. The Hall–Kier alpha value is -1.35. The van der Waals surface area contributed by atoms with E-state index in [0.29, 0.717) is 6.61 Å². The first-order valence-corrected chi connectivity index (χ1v) is 12.7. The zero-order chi connectivity index (χ0) is 18.1. The summed E-state index contributed by atoms with van der Waals surface area (Å²) < 4.78 is 5.27. The summed E-state index contributed by atoms with van der Waals surface area (Å²) >= 11 is 0. The van der Waals surface area contributed by atoms with Gasteiger partial charge in [0.05, 0.1) is 14.7 Å². The summed E-state index contributed by atoms with van der Waals surface area (Å²) in [5, 5.41) is 1.46. The van der Waals surface area contributed by atoms with Crippen LogP contribution in [-0.4, -0.2) is 20.7 Å². The van der Waals surface area contributed by atoms with Crippen LogP contribution in [-0.2, 0) is 22.0 Å². The number of aryl methyl sites for hydroxylation is 1. The Bertz CT molecular complexity index is 583. The van der Waals surface area contributed by atoms with Crippen molar-refractivity contribution in [2.24, 2.45) is 0 Å². The van der Waals surface area contributed by atoms with E-state index >= 15 is 0 Å². The molecule has 3 heteroatoms. The first-order valence-electron chi connectivity index (χ1n) is 10.1. The van der Waals surface area contributed by atoms with Crippen LogP contribution in [0.15, 0.2) is 35.5 Å². The van der Waals surface area contributed by atoms with Gasteiger partial charge in [-0.05, 0) is 36.9 Å². The molecule has 0 aliphatic carbocycles. The fraction of sp³-hybridized carbons (Fsp3) is 0.591. The van der Waals surface area contributed by atoms with Crippen molar-refractivity contribution < 1.29 is 9.53 Å². The van der Waals surface area contributed by atoms with E-state index in [1.54, 1.807) is 0 Å². The van der Waals surface area contributed by atoms with Crippen molar-refractivity contribution in [2.45, 2.75) is 77.4 Å². The minimum absolute atomic E-state index is 0.131. The molecule has 1 aromatic rings. The van der Waals surface area contributed by atoms with Crippen LogP contribution in [0.25, 0.3) is 0 Å². The van der Waals surface area contributed by atoms with Crippen molar-refractivity contribution in [3.8, 4) is 0 Å². The van der Waals surface area contributed by atoms with Crippen molar-refractivity contribution >= 4 is 14.0 Å². The molecule has 0 fully saturated rings. The summed E-state index contributed by atoms with van der Waals surface area (Å²) in [6, 6.07) is 12.8. The third-order valence-corrected chi connectivity index (χ3v) is 11.0. The van der Waals surface area contributed by atoms with Crippen LogP contribution < -0.4 is 0 Å². The Morgan fingerprint density at radius 2 is 1.68 bits per heavy atom. The zero-order valence-electron chi connectivity index (χ0n) is 16.3. The van der Waals surface area contributed by atoms with E-state index in [2.05, 4.69) is 38.1 Å². The fourth-order valence-corrected chi connectivity index (χ4v) is 9.88. The normalized spacial score (nSPS) is 17.8. The van der Waals surface area contributed by atoms with E-state index in [-0.39, 0.29) is 5.97 Å². The lowest BCUT2D eigenvalue weighted by molar-refractivity contribution is -0.137. The second kappa shape index (κ2) is 9.96. The van der Waals surface area contributed by atoms with Gasteiger partial charge in [-0.2, -0.15) is 0 Å².